The van der Waals surface area contributed by atoms with E-state index < -0.39 is 0 Å². The number of halogens is 2. The molecule has 0 bridgehead atoms. The van der Waals surface area contributed by atoms with Crippen LogP contribution in [-0.4, -0.2) is 35.6 Å². The molecule has 5 nitrogen and oxygen atoms in total. The molecule has 0 aliphatic heterocycles. The molecule has 0 amide bonds. The van der Waals surface area contributed by atoms with Crippen LogP contribution in [0.25, 0.3) is 0 Å². The zero-order chi connectivity index (χ0) is 15.6. The fourth-order valence-corrected chi connectivity index (χ4v) is 2.08. The predicted octanol–water partition coefficient (Wildman–Crippen LogP) is 2.44. The van der Waals surface area contributed by atoms with Crippen molar-refractivity contribution >= 4 is 29.9 Å². The molecule has 23 heavy (non-hydrogen) atoms. The molecule has 0 saturated carbocycles. The van der Waals surface area contributed by atoms with E-state index in [9.17, 15) is 4.39 Å². The van der Waals surface area contributed by atoms with Gasteiger partial charge in [-0.3, -0.25) is 4.99 Å². The highest BCUT2D eigenvalue weighted by molar-refractivity contribution is 14.0. The lowest BCUT2D eigenvalue weighted by Gasteiger charge is -2.12. The van der Waals surface area contributed by atoms with Crippen molar-refractivity contribution in [1.29, 1.82) is 0 Å². The van der Waals surface area contributed by atoms with Crippen LogP contribution in [-0.2, 0) is 13.0 Å². The van der Waals surface area contributed by atoms with E-state index in [4.69, 9.17) is 0 Å². The van der Waals surface area contributed by atoms with E-state index >= 15 is 0 Å². The van der Waals surface area contributed by atoms with E-state index in [-0.39, 0.29) is 29.8 Å². The third kappa shape index (κ3) is 7.45. The molecule has 0 aliphatic rings. The highest BCUT2D eigenvalue weighted by Gasteiger charge is 1.98. The molecule has 0 atom stereocenters. The van der Waals surface area contributed by atoms with Gasteiger partial charge >= 0.3 is 0 Å². The van der Waals surface area contributed by atoms with Gasteiger partial charge in [0.25, 0.3) is 0 Å². The first-order valence-corrected chi connectivity index (χ1v) is 7.42. The second-order valence-corrected chi connectivity index (χ2v) is 4.96. The molecule has 2 rings (SSSR count). The van der Waals surface area contributed by atoms with E-state index in [1.54, 1.807) is 25.4 Å². The van der Waals surface area contributed by atoms with Crippen LogP contribution >= 0.6 is 24.0 Å². The number of aryl methyl sites for hydroxylation is 1. The highest BCUT2D eigenvalue weighted by Crippen LogP contribution is 2.02. The molecule has 0 unspecified atom stereocenters. The number of nitrogens with zero attached hydrogens (tertiary/aromatic N) is 3. The fraction of sp³-hybridized carbons (Fsp3) is 0.375. The molecule has 0 aliphatic carbocycles. The van der Waals surface area contributed by atoms with Gasteiger partial charge in [-0.05, 0) is 30.5 Å². The average molecular weight is 431 g/mol. The first-order chi connectivity index (χ1) is 10.8. The number of nitrogens with one attached hydrogen (secondary N) is 2. The smallest absolute Gasteiger partial charge is 0.190 e. The van der Waals surface area contributed by atoms with Gasteiger partial charge in [-0.1, -0.05) is 12.1 Å². The number of hydrogen-bond donors (Lipinski definition) is 2. The second kappa shape index (κ2) is 11.0. The minimum Gasteiger partial charge on any atom is -0.356 e. The lowest BCUT2D eigenvalue weighted by Crippen LogP contribution is -2.38. The molecule has 0 saturated heterocycles. The van der Waals surface area contributed by atoms with E-state index in [1.807, 2.05) is 17.1 Å². The lowest BCUT2D eigenvalue weighted by molar-refractivity contribution is 0.623. The Kier molecular flexibility index (Phi) is 9.27. The van der Waals surface area contributed by atoms with E-state index in [0.29, 0.717) is 0 Å². The van der Waals surface area contributed by atoms with Crippen LogP contribution in [0.15, 0.2) is 48.0 Å². The van der Waals surface area contributed by atoms with Crippen LogP contribution in [0.5, 0.6) is 0 Å². The molecule has 0 radical (unpaired) electrons. The molecule has 1 heterocycles. The third-order valence-electron chi connectivity index (χ3n) is 3.29. The van der Waals surface area contributed by atoms with Gasteiger partial charge in [-0.25, -0.2) is 9.37 Å². The van der Waals surface area contributed by atoms with E-state index in [1.165, 1.54) is 12.1 Å². The number of aromatic nitrogens is 2. The Morgan fingerprint density at radius 3 is 2.61 bits per heavy atom. The summed E-state index contributed by atoms with van der Waals surface area (Å²) in [4.78, 5) is 8.19. The molecular weight excluding hydrogens is 408 g/mol. The van der Waals surface area contributed by atoms with Gasteiger partial charge < -0.3 is 15.2 Å². The summed E-state index contributed by atoms with van der Waals surface area (Å²) in [5, 5.41) is 6.52. The zero-order valence-corrected chi connectivity index (χ0v) is 15.5. The van der Waals surface area contributed by atoms with Crippen LogP contribution in [0, 0.1) is 5.82 Å². The van der Waals surface area contributed by atoms with Gasteiger partial charge in [0, 0.05) is 39.1 Å². The third-order valence-corrected chi connectivity index (χ3v) is 3.29. The minimum absolute atomic E-state index is 0. The average Bonchev–Trinajstić information content (AvgIpc) is 3.05. The molecule has 0 fully saturated rings. The molecular formula is C16H23FIN5. The quantitative estimate of drug-likeness (QED) is 0.307. The Labute approximate surface area is 153 Å². The molecule has 2 aromatic rings. The van der Waals surface area contributed by atoms with Crippen LogP contribution in [0.3, 0.4) is 0 Å². The van der Waals surface area contributed by atoms with Crippen molar-refractivity contribution in [1.82, 2.24) is 20.2 Å². The molecule has 1 aromatic heterocycles. The van der Waals surface area contributed by atoms with Crippen molar-refractivity contribution < 1.29 is 4.39 Å². The maximum absolute atomic E-state index is 12.8. The summed E-state index contributed by atoms with van der Waals surface area (Å²) in [5.74, 6) is 0.583. The summed E-state index contributed by atoms with van der Waals surface area (Å²) in [6, 6.07) is 6.58. The minimum atomic E-state index is -0.202. The standard InChI is InChI=1S/C16H22FN5.HI/c1-18-16(20-8-2-11-22-12-10-19-13-22)21-9-7-14-3-5-15(17)6-4-14;/h3-6,10,12-13H,2,7-9,11H2,1H3,(H2,18,20,21);1H. The molecule has 2 N–H and O–H groups in total. The Bertz CT molecular complexity index is 569. The van der Waals surface area contributed by atoms with Crippen LogP contribution in [0.4, 0.5) is 4.39 Å². The summed E-state index contributed by atoms with van der Waals surface area (Å²) in [6.07, 6.45) is 7.37. The monoisotopic (exact) mass is 431 g/mol. The summed E-state index contributed by atoms with van der Waals surface area (Å²) in [7, 11) is 1.75. The number of aliphatic imine (C=N–C) groups is 1. The van der Waals surface area contributed by atoms with Gasteiger partial charge in [0.2, 0.25) is 0 Å². The van der Waals surface area contributed by atoms with Crippen LogP contribution in [0.2, 0.25) is 0 Å². The summed E-state index contributed by atoms with van der Waals surface area (Å²) >= 11 is 0. The van der Waals surface area contributed by atoms with Gasteiger partial charge in [-0.15, -0.1) is 24.0 Å². The topological polar surface area (TPSA) is 54.2 Å². The maximum Gasteiger partial charge on any atom is 0.190 e. The number of imidazole rings is 1. The van der Waals surface area contributed by atoms with E-state index in [0.717, 1.165) is 44.0 Å². The first kappa shape index (κ1) is 19.4. The maximum atomic E-state index is 12.8. The number of rotatable bonds is 7. The zero-order valence-electron chi connectivity index (χ0n) is 13.2. The number of hydrogen-bond acceptors (Lipinski definition) is 2. The lowest BCUT2D eigenvalue weighted by atomic mass is 10.1. The Hall–Kier alpha value is -1.64. The number of benzene rings is 1. The fourth-order valence-electron chi connectivity index (χ4n) is 2.08. The predicted molar refractivity (Wildman–Crippen MR) is 102 cm³/mol. The summed E-state index contributed by atoms with van der Waals surface area (Å²) < 4.78 is 14.9. The van der Waals surface area contributed by atoms with Crippen molar-refractivity contribution in [3.63, 3.8) is 0 Å². The Morgan fingerprint density at radius 2 is 1.96 bits per heavy atom. The SMILES string of the molecule is CN=C(NCCCn1ccnc1)NCCc1ccc(F)cc1.I. The van der Waals surface area contributed by atoms with E-state index in [2.05, 4.69) is 20.6 Å². The van der Waals surface area contributed by atoms with Crippen LogP contribution < -0.4 is 10.6 Å². The van der Waals surface area contributed by atoms with Gasteiger partial charge in [0.1, 0.15) is 5.82 Å². The largest absolute Gasteiger partial charge is 0.356 e. The second-order valence-electron chi connectivity index (χ2n) is 4.96. The molecule has 126 valence electrons. The van der Waals surface area contributed by atoms with Crippen molar-refractivity contribution in [2.45, 2.75) is 19.4 Å². The summed E-state index contributed by atoms with van der Waals surface area (Å²) in [6.45, 7) is 2.53. The van der Waals surface area contributed by atoms with Crippen molar-refractivity contribution in [2.75, 3.05) is 20.1 Å². The number of guanidine groups is 1. The van der Waals surface area contributed by atoms with Crippen molar-refractivity contribution in [2.24, 2.45) is 4.99 Å². The first-order valence-electron chi connectivity index (χ1n) is 7.42. The van der Waals surface area contributed by atoms with Crippen LogP contribution in [0.1, 0.15) is 12.0 Å². The van der Waals surface area contributed by atoms with Crippen molar-refractivity contribution in [3.8, 4) is 0 Å². The van der Waals surface area contributed by atoms with Gasteiger partial charge in [-0.2, -0.15) is 0 Å². The Balaban J connectivity index is 0.00000264. The molecule has 0 spiro atoms. The molecule has 7 heteroatoms. The van der Waals surface area contributed by atoms with Crippen molar-refractivity contribution in [3.05, 3.63) is 54.4 Å². The van der Waals surface area contributed by atoms with Gasteiger partial charge in [0.15, 0.2) is 5.96 Å². The normalized spacial score (nSPS) is 11.0. The Morgan fingerprint density at radius 1 is 1.22 bits per heavy atom. The highest BCUT2D eigenvalue weighted by atomic mass is 127. The summed E-state index contributed by atoms with van der Waals surface area (Å²) in [5.41, 5.74) is 1.10. The van der Waals surface area contributed by atoms with Gasteiger partial charge in [0.05, 0.1) is 6.33 Å². The molecule has 1 aromatic carbocycles.